The maximum Gasteiger partial charge on any atom is 0.0901 e. The summed E-state index contributed by atoms with van der Waals surface area (Å²) in [5, 5.41) is 13.4. The summed E-state index contributed by atoms with van der Waals surface area (Å²) in [4.78, 5) is 0. The number of hydrogen-bond donors (Lipinski definition) is 2. The van der Waals surface area contributed by atoms with Gasteiger partial charge in [0.25, 0.3) is 0 Å². The molecule has 0 unspecified atom stereocenters. The Morgan fingerprint density at radius 2 is 1.77 bits per heavy atom. The molecule has 0 saturated carbocycles. The van der Waals surface area contributed by atoms with E-state index >= 15 is 0 Å². The number of fused-ring (bicyclic) bond motifs is 3. The number of nitrogens with one attached hydrogen (secondary N) is 1. The van der Waals surface area contributed by atoms with Crippen LogP contribution < -0.4 is 5.32 Å². The first-order valence-corrected chi connectivity index (χ1v) is 9.28. The number of hydrogen-bond acceptors (Lipinski definition) is 2. The molecule has 134 valence electrons. The van der Waals surface area contributed by atoms with Crippen LogP contribution in [0.2, 0.25) is 0 Å². The van der Waals surface area contributed by atoms with Crippen molar-refractivity contribution in [1.29, 1.82) is 0 Å². The minimum atomic E-state index is -0.329. The third-order valence-electron chi connectivity index (χ3n) is 5.49. The van der Waals surface area contributed by atoms with Gasteiger partial charge in [-0.1, -0.05) is 47.5 Å². The molecule has 0 aliphatic carbocycles. The molecule has 1 aliphatic rings. The standard InChI is InChI=1S/C23H26N2O/c1-16-13-17(2)15-18(14-16)23(10-6-12-26)20-9-11-25(3)22(20)19-7-4-5-8-21(19)24-23/h4-5,7-9,11,13-15,24,26H,6,10,12H2,1-3H3/t23-/m0/s1. The minimum Gasteiger partial charge on any atom is -0.396 e. The van der Waals surface area contributed by atoms with Gasteiger partial charge < -0.3 is 15.0 Å². The average molecular weight is 346 g/mol. The maximum absolute atomic E-state index is 9.58. The van der Waals surface area contributed by atoms with E-state index in [-0.39, 0.29) is 12.1 Å². The van der Waals surface area contributed by atoms with Crippen molar-refractivity contribution in [2.45, 2.75) is 32.2 Å². The van der Waals surface area contributed by atoms with Gasteiger partial charge in [0, 0.05) is 36.7 Å². The first kappa shape index (κ1) is 16.9. The van der Waals surface area contributed by atoms with Gasteiger partial charge in [0.15, 0.2) is 0 Å². The Hall–Kier alpha value is -2.52. The van der Waals surface area contributed by atoms with Crippen LogP contribution in [0.5, 0.6) is 0 Å². The predicted octanol–water partition coefficient (Wildman–Crippen LogP) is 4.75. The molecule has 2 aromatic carbocycles. The van der Waals surface area contributed by atoms with Crippen molar-refractivity contribution in [3.05, 3.63) is 77.0 Å². The molecule has 3 nitrogen and oxygen atoms in total. The summed E-state index contributed by atoms with van der Waals surface area (Å²) >= 11 is 0. The van der Waals surface area contributed by atoms with Crippen molar-refractivity contribution in [3.63, 3.8) is 0 Å². The van der Waals surface area contributed by atoms with Crippen molar-refractivity contribution in [1.82, 2.24) is 4.57 Å². The molecule has 3 heteroatoms. The molecule has 0 bridgehead atoms. The van der Waals surface area contributed by atoms with Crippen molar-refractivity contribution < 1.29 is 5.11 Å². The molecule has 26 heavy (non-hydrogen) atoms. The first-order valence-electron chi connectivity index (χ1n) is 9.28. The average Bonchev–Trinajstić information content (AvgIpc) is 3.01. The Bertz CT molecular complexity index is 936. The van der Waals surface area contributed by atoms with E-state index in [1.807, 2.05) is 0 Å². The van der Waals surface area contributed by atoms with E-state index in [1.54, 1.807) is 0 Å². The smallest absolute Gasteiger partial charge is 0.0901 e. The molecule has 4 rings (SSSR count). The van der Waals surface area contributed by atoms with Gasteiger partial charge in [-0.25, -0.2) is 0 Å². The Balaban J connectivity index is 2.00. The highest BCUT2D eigenvalue weighted by Crippen LogP contribution is 2.49. The maximum atomic E-state index is 9.58. The van der Waals surface area contributed by atoms with Crippen LogP contribution in [0.15, 0.2) is 54.7 Å². The number of para-hydroxylation sites is 1. The van der Waals surface area contributed by atoms with Crippen LogP contribution in [-0.2, 0) is 12.6 Å². The highest BCUT2D eigenvalue weighted by Gasteiger charge is 2.41. The lowest BCUT2D eigenvalue weighted by atomic mass is 9.75. The molecular formula is C23H26N2O. The molecule has 1 atom stereocenters. The fourth-order valence-corrected chi connectivity index (χ4v) is 4.44. The van der Waals surface area contributed by atoms with Gasteiger partial charge in [0.05, 0.1) is 11.2 Å². The lowest BCUT2D eigenvalue weighted by Gasteiger charge is -2.41. The molecule has 2 N–H and O–H groups in total. The topological polar surface area (TPSA) is 37.2 Å². The second-order valence-electron chi connectivity index (χ2n) is 7.47. The minimum absolute atomic E-state index is 0.193. The number of rotatable bonds is 4. The Morgan fingerprint density at radius 1 is 1.04 bits per heavy atom. The SMILES string of the molecule is Cc1cc(C)cc([C@]2(CCCO)Nc3ccccc3-c3c2ccn3C)c1. The molecule has 1 aromatic heterocycles. The molecule has 3 aromatic rings. The highest BCUT2D eigenvalue weighted by molar-refractivity contribution is 5.84. The van der Waals surface area contributed by atoms with Crippen LogP contribution in [0.4, 0.5) is 5.69 Å². The Labute approximate surface area is 155 Å². The molecule has 0 amide bonds. The van der Waals surface area contributed by atoms with E-state index in [4.69, 9.17) is 0 Å². The molecule has 2 heterocycles. The van der Waals surface area contributed by atoms with Gasteiger partial charge in [0.2, 0.25) is 0 Å². The summed E-state index contributed by atoms with van der Waals surface area (Å²) in [6.07, 6.45) is 3.74. The zero-order chi connectivity index (χ0) is 18.3. The van der Waals surface area contributed by atoms with Gasteiger partial charge in [0.1, 0.15) is 0 Å². The monoisotopic (exact) mass is 346 g/mol. The quantitative estimate of drug-likeness (QED) is 0.715. The van der Waals surface area contributed by atoms with E-state index in [2.05, 4.69) is 85.5 Å². The van der Waals surface area contributed by atoms with Crippen LogP contribution in [0.25, 0.3) is 11.3 Å². The molecule has 0 fully saturated rings. The largest absolute Gasteiger partial charge is 0.396 e. The number of aliphatic hydroxyl groups is 1. The van der Waals surface area contributed by atoms with Crippen LogP contribution >= 0.6 is 0 Å². The lowest BCUT2D eigenvalue weighted by molar-refractivity contribution is 0.273. The number of aliphatic hydroxyl groups excluding tert-OH is 1. The van der Waals surface area contributed by atoms with E-state index in [9.17, 15) is 5.11 Å². The number of aryl methyl sites for hydroxylation is 3. The molecule has 0 spiro atoms. The van der Waals surface area contributed by atoms with Crippen LogP contribution in [-0.4, -0.2) is 16.3 Å². The van der Waals surface area contributed by atoms with E-state index in [0.29, 0.717) is 0 Å². The number of aromatic nitrogens is 1. The van der Waals surface area contributed by atoms with Gasteiger partial charge in [-0.3, -0.25) is 0 Å². The van der Waals surface area contributed by atoms with Crippen LogP contribution in [0.3, 0.4) is 0 Å². The normalized spacial score (nSPS) is 18.2. The van der Waals surface area contributed by atoms with Crippen LogP contribution in [0, 0.1) is 13.8 Å². The molecule has 1 aliphatic heterocycles. The summed E-state index contributed by atoms with van der Waals surface area (Å²) in [5.41, 5.74) is 8.41. The molecule has 0 saturated heterocycles. The second kappa shape index (κ2) is 6.33. The van der Waals surface area contributed by atoms with Gasteiger partial charge in [-0.15, -0.1) is 0 Å². The summed E-state index contributed by atoms with van der Waals surface area (Å²) < 4.78 is 2.21. The van der Waals surface area contributed by atoms with Gasteiger partial charge >= 0.3 is 0 Å². The summed E-state index contributed by atoms with van der Waals surface area (Å²) in [6, 6.07) is 17.5. The summed E-state index contributed by atoms with van der Waals surface area (Å²) in [6.45, 7) is 4.50. The number of anilines is 1. The molecular weight excluding hydrogens is 320 g/mol. The zero-order valence-electron chi connectivity index (χ0n) is 15.7. The lowest BCUT2D eigenvalue weighted by Crippen LogP contribution is -2.39. The Kier molecular flexibility index (Phi) is 4.12. The fourth-order valence-electron chi connectivity index (χ4n) is 4.44. The van der Waals surface area contributed by atoms with Crippen LogP contribution in [0.1, 0.15) is 35.1 Å². The van der Waals surface area contributed by atoms with E-state index in [1.165, 1.54) is 33.5 Å². The zero-order valence-corrected chi connectivity index (χ0v) is 15.7. The third kappa shape index (κ3) is 2.55. The van der Waals surface area contributed by atoms with Crippen molar-refractivity contribution in [3.8, 4) is 11.3 Å². The second-order valence-corrected chi connectivity index (χ2v) is 7.47. The van der Waals surface area contributed by atoms with E-state index in [0.717, 1.165) is 18.5 Å². The number of nitrogens with zero attached hydrogens (tertiary/aromatic N) is 1. The fraction of sp³-hybridized carbons (Fsp3) is 0.304. The van der Waals surface area contributed by atoms with Gasteiger partial charge in [-0.05, 0) is 44.4 Å². The summed E-state index contributed by atoms with van der Waals surface area (Å²) in [7, 11) is 2.11. The number of benzene rings is 2. The van der Waals surface area contributed by atoms with Gasteiger partial charge in [-0.2, -0.15) is 0 Å². The van der Waals surface area contributed by atoms with E-state index < -0.39 is 0 Å². The molecule has 0 radical (unpaired) electrons. The van der Waals surface area contributed by atoms with Crippen molar-refractivity contribution in [2.24, 2.45) is 7.05 Å². The third-order valence-corrected chi connectivity index (χ3v) is 5.49. The van der Waals surface area contributed by atoms with Crippen molar-refractivity contribution in [2.75, 3.05) is 11.9 Å². The Morgan fingerprint density at radius 3 is 2.50 bits per heavy atom. The summed E-state index contributed by atoms with van der Waals surface area (Å²) in [5.74, 6) is 0. The first-order chi connectivity index (χ1) is 12.5. The predicted molar refractivity (Wildman–Crippen MR) is 107 cm³/mol. The van der Waals surface area contributed by atoms with Crippen molar-refractivity contribution >= 4 is 5.69 Å². The highest BCUT2D eigenvalue weighted by atomic mass is 16.2.